The fourth-order valence-corrected chi connectivity index (χ4v) is 2.24. The molecule has 0 fully saturated rings. The summed E-state index contributed by atoms with van der Waals surface area (Å²) in [7, 11) is 1.50. The minimum atomic E-state index is -0.402. The smallest absolute Gasteiger partial charge is 0.338 e. The van der Waals surface area contributed by atoms with Crippen LogP contribution < -0.4 is 4.74 Å². The van der Waals surface area contributed by atoms with Gasteiger partial charge in [0.05, 0.1) is 24.8 Å². The Morgan fingerprint density at radius 3 is 2.83 bits per heavy atom. The fraction of sp³-hybridized carbons (Fsp3) is 0.176. The Hall–Kier alpha value is -3.02. The lowest BCUT2D eigenvalue weighted by Crippen LogP contribution is -2.03. The molecule has 1 heterocycles. The minimum absolute atomic E-state index is 0.0892. The molecule has 23 heavy (non-hydrogen) atoms. The molecule has 0 amide bonds. The number of aromatic nitrogens is 1. The number of nitrogens with zero attached hydrogens (tertiary/aromatic N) is 1. The molecule has 1 N–H and O–H groups in total. The number of carbonyl (C=O) groups excluding carboxylic acids is 1. The number of oxazole rings is 1. The molecule has 0 saturated carbocycles. The highest BCUT2D eigenvalue weighted by Crippen LogP contribution is 2.34. The molecule has 3 aromatic rings. The van der Waals surface area contributed by atoms with E-state index in [4.69, 9.17) is 13.9 Å². The molecule has 2 aromatic carbocycles. The molecule has 0 radical (unpaired) electrons. The van der Waals surface area contributed by atoms with Crippen molar-refractivity contribution in [1.82, 2.24) is 4.98 Å². The number of aromatic hydroxyl groups is 1. The first-order chi connectivity index (χ1) is 11.1. The Kier molecular flexibility index (Phi) is 3.89. The molecule has 0 bridgehead atoms. The van der Waals surface area contributed by atoms with Crippen LogP contribution in [0.3, 0.4) is 0 Å². The second-order valence-electron chi connectivity index (χ2n) is 4.81. The second-order valence-corrected chi connectivity index (χ2v) is 4.81. The van der Waals surface area contributed by atoms with Crippen LogP contribution in [-0.2, 0) is 4.74 Å². The van der Waals surface area contributed by atoms with E-state index < -0.39 is 5.97 Å². The zero-order valence-electron chi connectivity index (χ0n) is 12.7. The van der Waals surface area contributed by atoms with Gasteiger partial charge in [-0.05, 0) is 37.3 Å². The van der Waals surface area contributed by atoms with Crippen LogP contribution in [0.1, 0.15) is 17.3 Å². The van der Waals surface area contributed by atoms with E-state index in [1.165, 1.54) is 19.2 Å². The van der Waals surface area contributed by atoms with Gasteiger partial charge in [0.15, 0.2) is 5.58 Å². The lowest BCUT2D eigenvalue weighted by molar-refractivity contribution is 0.0526. The van der Waals surface area contributed by atoms with Crippen LogP contribution in [0.15, 0.2) is 40.8 Å². The third kappa shape index (κ3) is 2.83. The highest BCUT2D eigenvalue weighted by atomic mass is 16.5. The van der Waals surface area contributed by atoms with E-state index >= 15 is 0 Å². The van der Waals surface area contributed by atoms with Crippen LogP contribution in [0.2, 0.25) is 0 Å². The van der Waals surface area contributed by atoms with Crippen LogP contribution in [0.25, 0.3) is 22.6 Å². The number of esters is 1. The quantitative estimate of drug-likeness (QED) is 0.744. The third-order valence-electron chi connectivity index (χ3n) is 3.31. The summed E-state index contributed by atoms with van der Waals surface area (Å²) in [4.78, 5) is 16.2. The largest absolute Gasteiger partial charge is 0.508 e. The summed E-state index contributed by atoms with van der Waals surface area (Å²) in [5, 5.41) is 9.52. The third-order valence-corrected chi connectivity index (χ3v) is 3.31. The molecule has 6 nitrogen and oxygen atoms in total. The average molecular weight is 313 g/mol. The lowest BCUT2D eigenvalue weighted by atomic mass is 10.2. The van der Waals surface area contributed by atoms with E-state index in [1.807, 2.05) is 0 Å². The van der Waals surface area contributed by atoms with Crippen molar-refractivity contribution in [3.05, 3.63) is 42.0 Å². The Morgan fingerprint density at radius 1 is 1.26 bits per heavy atom. The number of ether oxygens (including phenoxy) is 2. The van der Waals surface area contributed by atoms with E-state index in [0.717, 1.165) is 0 Å². The van der Waals surface area contributed by atoms with Crippen LogP contribution in [-0.4, -0.2) is 29.8 Å². The number of phenols is 1. The number of fused-ring (bicyclic) bond motifs is 1. The number of rotatable bonds is 4. The summed E-state index contributed by atoms with van der Waals surface area (Å²) < 4.78 is 15.9. The summed E-state index contributed by atoms with van der Waals surface area (Å²) in [6, 6.07) is 9.58. The summed E-state index contributed by atoms with van der Waals surface area (Å²) in [6.45, 7) is 2.06. The highest BCUT2D eigenvalue weighted by Gasteiger charge is 2.15. The number of phenolic OH excluding ortho intramolecular Hbond substituents is 1. The number of hydrogen-bond acceptors (Lipinski definition) is 6. The molecular formula is C17H15NO5. The van der Waals surface area contributed by atoms with Gasteiger partial charge in [0, 0.05) is 6.07 Å². The first-order valence-corrected chi connectivity index (χ1v) is 7.07. The van der Waals surface area contributed by atoms with Gasteiger partial charge >= 0.3 is 5.97 Å². The van der Waals surface area contributed by atoms with Crippen molar-refractivity contribution < 1.29 is 23.8 Å². The molecule has 0 spiro atoms. The first kappa shape index (κ1) is 14.9. The van der Waals surface area contributed by atoms with E-state index in [2.05, 4.69) is 4.98 Å². The SMILES string of the molecule is CCOC(=O)c1ccc2oc(-c3ccc(O)cc3OC)nc2c1. The van der Waals surface area contributed by atoms with Gasteiger partial charge in [-0.2, -0.15) is 0 Å². The van der Waals surface area contributed by atoms with Crippen molar-refractivity contribution in [2.75, 3.05) is 13.7 Å². The standard InChI is InChI=1S/C17H15NO5/c1-3-22-17(20)10-4-7-14-13(8-10)18-16(23-14)12-6-5-11(19)9-15(12)21-2/h4-9,19H,3H2,1-2H3. The fourth-order valence-electron chi connectivity index (χ4n) is 2.24. The average Bonchev–Trinajstić information content (AvgIpc) is 2.97. The van der Waals surface area contributed by atoms with Crippen molar-refractivity contribution in [2.45, 2.75) is 6.92 Å². The maximum Gasteiger partial charge on any atom is 0.338 e. The molecule has 1 aromatic heterocycles. The van der Waals surface area contributed by atoms with Crippen molar-refractivity contribution in [3.63, 3.8) is 0 Å². The summed E-state index contributed by atoms with van der Waals surface area (Å²) in [5.41, 5.74) is 2.11. The molecule has 6 heteroatoms. The zero-order valence-corrected chi connectivity index (χ0v) is 12.7. The Balaban J connectivity index is 2.05. The van der Waals surface area contributed by atoms with Gasteiger partial charge in [0.2, 0.25) is 5.89 Å². The zero-order chi connectivity index (χ0) is 16.4. The first-order valence-electron chi connectivity index (χ1n) is 7.07. The maximum atomic E-state index is 11.8. The molecular weight excluding hydrogens is 298 g/mol. The predicted octanol–water partition coefficient (Wildman–Crippen LogP) is 3.39. The van der Waals surface area contributed by atoms with E-state index in [0.29, 0.717) is 40.5 Å². The normalized spacial score (nSPS) is 10.7. The van der Waals surface area contributed by atoms with Crippen LogP contribution in [0.5, 0.6) is 11.5 Å². The molecule has 0 aliphatic carbocycles. The molecule has 0 saturated heterocycles. The van der Waals surface area contributed by atoms with Gasteiger partial charge in [0.1, 0.15) is 17.0 Å². The molecule has 0 unspecified atom stereocenters. The van der Waals surface area contributed by atoms with Gasteiger partial charge in [-0.1, -0.05) is 0 Å². The molecule has 0 aliphatic rings. The topological polar surface area (TPSA) is 81.8 Å². The molecule has 3 rings (SSSR count). The van der Waals surface area contributed by atoms with E-state index in [-0.39, 0.29) is 5.75 Å². The van der Waals surface area contributed by atoms with Crippen LogP contribution >= 0.6 is 0 Å². The van der Waals surface area contributed by atoms with Gasteiger partial charge in [-0.25, -0.2) is 9.78 Å². The van der Waals surface area contributed by atoms with Gasteiger partial charge in [-0.3, -0.25) is 0 Å². The number of hydrogen-bond donors (Lipinski definition) is 1. The van der Waals surface area contributed by atoms with Crippen LogP contribution in [0, 0.1) is 0 Å². The van der Waals surface area contributed by atoms with Crippen molar-refractivity contribution in [2.24, 2.45) is 0 Å². The predicted molar refractivity (Wildman–Crippen MR) is 83.6 cm³/mol. The number of methoxy groups -OCH3 is 1. The summed E-state index contributed by atoms with van der Waals surface area (Å²) >= 11 is 0. The Morgan fingerprint density at radius 2 is 2.09 bits per heavy atom. The number of benzene rings is 2. The van der Waals surface area contributed by atoms with Crippen molar-refractivity contribution in [3.8, 4) is 23.0 Å². The Bertz CT molecular complexity index is 869. The number of carbonyl (C=O) groups is 1. The monoisotopic (exact) mass is 313 g/mol. The molecule has 118 valence electrons. The van der Waals surface area contributed by atoms with Crippen molar-refractivity contribution in [1.29, 1.82) is 0 Å². The molecule has 0 atom stereocenters. The van der Waals surface area contributed by atoms with E-state index in [9.17, 15) is 9.90 Å². The van der Waals surface area contributed by atoms with Gasteiger partial charge in [-0.15, -0.1) is 0 Å². The summed E-state index contributed by atoms with van der Waals surface area (Å²) in [6.07, 6.45) is 0. The van der Waals surface area contributed by atoms with Gasteiger partial charge in [0.25, 0.3) is 0 Å². The van der Waals surface area contributed by atoms with Crippen LogP contribution in [0.4, 0.5) is 0 Å². The van der Waals surface area contributed by atoms with E-state index in [1.54, 1.807) is 31.2 Å². The maximum absolute atomic E-state index is 11.8. The Labute approximate surface area is 132 Å². The highest BCUT2D eigenvalue weighted by molar-refractivity contribution is 5.93. The lowest BCUT2D eigenvalue weighted by Gasteiger charge is -2.05. The second kappa shape index (κ2) is 6.00. The molecule has 0 aliphatic heterocycles. The van der Waals surface area contributed by atoms with Gasteiger partial charge < -0.3 is 19.0 Å². The summed E-state index contributed by atoms with van der Waals surface area (Å²) in [5.74, 6) is 0.479. The van der Waals surface area contributed by atoms with Crippen molar-refractivity contribution >= 4 is 17.1 Å². The minimum Gasteiger partial charge on any atom is -0.508 e.